The summed E-state index contributed by atoms with van der Waals surface area (Å²) in [5.41, 5.74) is 2.63. The Bertz CT molecular complexity index is 406. The first-order chi connectivity index (χ1) is 8.20. The smallest absolute Gasteiger partial charge is 0.0537 e. The maximum Gasteiger partial charge on any atom is 0.0537 e. The third kappa shape index (κ3) is 3.25. The summed E-state index contributed by atoms with van der Waals surface area (Å²) in [5.74, 6) is 0. The second-order valence-corrected chi connectivity index (χ2v) is 5.24. The number of nitrogens with one attached hydrogen (secondary N) is 1. The van der Waals surface area contributed by atoms with Crippen LogP contribution in [0.15, 0.2) is 29.8 Å². The van der Waals surface area contributed by atoms with Crippen LogP contribution in [-0.2, 0) is 0 Å². The Morgan fingerprint density at radius 3 is 2.47 bits per heavy atom. The van der Waals surface area contributed by atoms with Gasteiger partial charge in [-0.15, -0.1) is 0 Å². The monoisotopic (exact) mass is 269 g/mol. The number of hydrogen-bond acceptors (Lipinski definition) is 1. The molecule has 0 heterocycles. The van der Waals surface area contributed by atoms with Gasteiger partial charge in [-0.25, -0.2) is 0 Å². The molecule has 0 aromatic heterocycles. The summed E-state index contributed by atoms with van der Waals surface area (Å²) >= 11 is 12.1. The van der Waals surface area contributed by atoms with Crippen molar-refractivity contribution >= 4 is 23.2 Å². The van der Waals surface area contributed by atoms with E-state index < -0.39 is 0 Å². The Hall–Kier alpha value is -0.500. The van der Waals surface area contributed by atoms with Crippen LogP contribution in [-0.4, -0.2) is 6.54 Å². The predicted molar refractivity (Wildman–Crippen MR) is 74.8 cm³/mol. The molecule has 0 saturated carbocycles. The minimum Gasteiger partial charge on any atom is -0.307 e. The highest BCUT2D eigenvalue weighted by Crippen LogP contribution is 2.33. The molecule has 0 aliphatic heterocycles. The van der Waals surface area contributed by atoms with E-state index in [4.69, 9.17) is 23.2 Å². The quantitative estimate of drug-likeness (QED) is 0.778. The van der Waals surface area contributed by atoms with Crippen molar-refractivity contribution in [3.63, 3.8) is 0 Å². The van der Waals surface area contributed by atoms with Gasteiger partial charge in [-0.3, -0.25) is 0 Å². The lowest BCUT2D eigenvalue weighted by molar-refractivity contribution is 0.605. The predicted octanol–water partition coefficient (Wildman–Crippen LogP) is 4.75. The third-order valence-electron chi connectivity index (χ3n) is 3.07. The summed E-state index contributed by atoms with van der Waals surface area (Å²) in [7, 11) is 0. The van der Waals surface area contributed by atoms with Gasteiger partial charge in [-0.05, 0) is 49.6 Å². The fourth-order valence-corrected chi connectivity index (χ4v) is 2.91. The first-order valence-corrected chi connectivity index (χ1v) is 6.84. The molecule has 17 heavy (non-hydrogen) atoms. The molecule has 0 radical (unpaired) electrons. The summed E-state index contributed by atoms with van der Waals surface area (Å²) in [6.45, 7) is 3.06. The Morgan fingerprint density at radius 1 is 1.24 bits per heavy atom. The van der Waals surface area contributed by atoms with Gasteiger partial charge in [0, 0.05) is 10.0 Å². The molecular formula is C14H17Cl2N. The minimum absolute atomic E-state index is 0.263. The van der Waals surface area contributed by atoms with Gasteiger partial charge in [0.25, 0.3) is 0 Å². The molecule has 3 heteroatoms. The van der Waals surface area contributed by atoms with Crippen LogP contribution >= 0.6 is 23.2 Å². The Kier molecular flexibility index (Phi) is 4.49. The molecule has 1 aromatic rings. The molecule has 1 N–H and O–H groups in total. The van der Waals surface area contributed by atoms with E-state index in [0.717, 1.165) is 12.1 Å². The van der Waals surface area contributed by atoms with E-state index in [1.54, 1.807) is 6.07 Å². The van der Waals surface area contributed by atoms with Gasteiger partial charge < -0.3 is 5.32 Å². The maximum absolute atomic E-state index is 6.07. The first kappa shape index (κ1) is 12.9. The Balaban J connectivity index is 2.31. The lowest BCUT2D eigenvalue weighted by Gasteiger charge is -2.20. The molecule has 92 valence electrons. The van der Waals surface area contributed by atoms with Crippen molar-refractivity contribution in [2.24, 2.45) is 0 Å². The standard InChI is InChI=1S/C14H17Cl2N/c1-2-17-14(10-5-3-4-6-10)11-7-12(15)9-13(16)8-11/h5,7-9,14,17H,2-4,6H2,1H3. The van der Waals surface area contributed by atoms with Gasteiger partial charge >= 0.3 is 0 Å². The SMILES string of the molecule is CCNC(C1=CCCC1)c1cc(Cl)cc(Cl)c1. The average Bonchev–Trinajstić information content (AvgIpc) is 2.77. The topological polar surface area (TPSA) is 12.0 Å². The molecule has 0 saturated heterocycles. The summed E-state index contributed by atoms with van der Waals surface area (Å²) in [6.07, 6.45) is 5.95. The highest BCUT2D eigenvalue weighted by Gasteiger charge is 2.18. The fraction of sp³-hybridized carbons (Fsp3) is 0.429. The second kappa shape index (κ2) is 5.90. The van der Waals surface area contributed by atoms with Gasteiger partial charge in [0.1, 0.15) is 0 Å². The highest BCUT2D eigenvalue weighted by atomic mass is 35.5. The second-order valence-electron chi connectivity index (χ2n) is 4.36. The van der Waals surface area contributed by atoms with Crippen molar-refractivity contribution in [2.75, 3.05) is 6.54 Å². The Labute approximate surface area is 113 Å². The van der Waals surface area contributed by atoms with E-state index in [2.05, 4.69) is 18.3 Å². The first-order valence-electron chi connectivity index (χ1n) is 6.09. The van der Waals surface area contributed by atoms with Crippen molar-refractivity contribution in [3.05, 3.63) is 45.5 Å². The van der Waals surface area contributed by atoms with Crippen LogP contribution in [0.5, 0.6) is 0 Å². The molecular weight excluding hydrogens is 253 g/mol. The lowest BCUT2D eigenvalue weighted by atomic mass is 9.98. The summed E-state index contributed by atoms with van der Waals surface area (Å²) in [5, 5.41) is 4.92. The molecule has 0 amide bonds. The summed E-state index contributed by atoms with van der Waals surface area (Å²) in [4.78, 5) is 0. The zero-order valence-electron chi connectivity index (χ0n) is 9.97. The molecule has 1 nitrogen and oxygen atoms in total. The Morgan fingerprint density at radius 2 is 1.94 bits per heavy atom. The average molecular weight is 270 g/mol. The van der Waals surface area contributed by atoms with Crippen LogP contribution in [0, 0.1) is 0 Å². The third-order valence-corrected chi connectivity index (χ3v) is 3.51. The van der Waals surface area contributed by atoms with Crippen LogP contribution in [0.1, 0.15) is 37.8 Å². The normalized spacial score (nSPS) is 17.0. The van der Waals surface area contributed by atoms with E-state index in [1.165, 1.54) is 24.8 Å². The van der Waals surface area contributed by atoms with Crippen molar-refractivity contribution in [1.29, 1.82) is 0 Å². The largest absolute Gasteiger partial charge is 0.307 e. The van der Waals surface area contributed by atoms with Crippen LogP contribution in [0.2, 0.25) is 10.0 Å². The van der Waals surface area contributed by atoms with E-state index in [9.17, 15) is 0 Å². The van der Waals surface area contributed by atoms with Crippen molar-refractivity contribution in [2.45, 2.75) is 32.2 Å². The number of benzene rings is 1. The number of rotatable bonds is 4. The van der Waals surface area contributed by atoms with E-state index in [-0.39, 0.29) is 6.04 Å². The molecule has 1 aliphatic carbocycles. The molecule has 0 bridgehead atoms. The van der Waals surface area contributed by atoms with E-state index >= 15 is 0 Å². The highest BCUT2D eigenvalue weighted by molar-refractivity contribution is 6.34. The van der Waals surface area contributed by atoms with E-state index in [0.29, 0.717) is 10.0 Å². The van der Waals surface area contributed by atoms with Crippen LogP contribution in [0.3, 0.4) is 0 Å². The molecule has 1 aliphatic rings. The van der Waals surface area contributed by atoms with Crippen LogP contribution < -0.4 is 5.32 Å². The van der Waals surface area contributed by atoms with Gasteiger partial charge in [0.05, 0.1) is 6.04 Å². The zero-order valence-corrected chi connectivity index (χ0v) is 11.5. The number of allylic oxidation sites excluding steroid dienone is 1. The van der Waals surface area contributed by atoms with Gasteiger partial charge in [0.2, 0.25) is 0 Å². The molecule has 2 rings (SSSR count). The molecule has 1 unspecified atom stereocenters. The number of likely N-dealkylation sites (N-methyl/N-ethyl adjacent to an activating group) is 1. The molecule has 1 atom stereocenters. The van der Waals surface area contributed by atoms with Gasteiger partial charge in [0.15, 0.2) is 0 Å². The van der Waals surface area contributed by atoms with E-state index in [1.807, 2.05) is 12.1 Å². The van der Waals surface area contributed by atoms with Crippen LogP contribution in [0.4, 0.5) is 0 Å². The minimum atomic E-state index is 0.263. The summed E-state index contributed by atoms with van der Waals surface area (Å²) in [6, 6.07) is 6.04. The van der Waals surface area contributed by atoms with Gasteiger partial charge in [-0.2, -0.15) is 0 Å². The van der Waals surface area contributed by atoms with Crippen molar-refractivity contribution in [1.82, 2.24) is 5.32 Å². The van der Waals surface area contributed by atoms with Gasteiger partial charge in [-0.1, -0.05) is 41.8 Å². The van der Waals surface area contributed by atoms with Crippen LogP contribution in [0.25, 0.3) is 0 Å². The maximum atomic E-state index is 6.07. The fourth-order valence-electron chi connectivity index (χ4n) is 2.37. The molecule has 0 spiro atoms. The number of hydrogen-bond donors (Lipinski definition) is 1. The molecule has 0 fully saturated rings. The number of halogens is 2. The molecule has 1 aromatic carbocycles. The lowest BCUT2D eigenvalue weighted by Crippen LogP contribution is -2.22. The van der Waals surface area contributed by atoms with Crippen molar-refractivity contribution < 1.29 is 0 Å². The zero-order chi connectivity index (χ0) is 12.3. The van der Waals surface area contributed by atoms with Crippen molar-refractivity contribution in [3.8, 4) is 0 Å². The summed E-state index contributed by atoms with van der Waals surface area (Å²) < 4.78 is 0.